The van der Waals surface area contributed by atoms with Crippen LogP contribution in [-0.4, -0.2) is 13.0 Å². The van der Waals surface area contributed by atoms with Crippen LogP contribution in [0.1, 0.15) is 32.1 Å². The molecule has 0 unspecified atom stereocenters. The van der Waals surface area contributed by atoms with E-state index in [0.29, 0.717) is 5.41 Å². The van der Waals surface area contributed by atoms with Gasteiger partial charge in [-0.1, -0.05) is 25.8 Å². The topological polar surface area (TPSA) is 54.4 Å². The van der Waals surface area contributed by atoms with Gasteiger partial charge in [-0.05, 0) is 0 Å². The minimum Gasteiger partial charge on any atom is -0.328 e. The fraction of sp³-hybridized carbons (Fsp3) is 0.625. The fourth-order valence-corrected chi connectivity index (χ4v) is 0.898. The van der Waals surface area contributed by atoms with E-state index in [0.717, 1.165) is 0 Å². The molecule has 1 fully saturated rings. The van der Waals surface area contributed by atoms with Crippen molar-refractivity contribution in [1.29, 1.82) is 0 Å². The van der Waals surface area contributed by atoms with Crippen LogP contribution in [0.4, 0.5) is 0 Å². The summed E-state index contributed by atoms with van der Waals surface area (Å²) in [7, 11) is -3.90. The Bertz CT molecular complexity index is 184. The summed E-state index contributed by atoms with van der Waals surface area (Å²) in [4.78, 5) is 0. The Labute approximate surface area is 103 Å². The Morgan fingerprint density at radius 3 is 1.69 bits per heavy atom. The molecule has 0 spiro atoms. The van der Waals surface area contributed by atoms with E-state index in [-0.39, 0.29) is 29.6 Å². The molecule has 1 saturated carbocycles. The summed E-state index contributed by atoms with van der Waals surface area (Å²) in [6.45, 7) is 2.79. The van der Waals surface area contributed by atoms with Gasteiger partial charge in [0.25, 0.3) is 10.1 Å². The van der Waals surface area contributed by atoms with Gasteiger partial charge in [-0.15, -0.1) is 0 Å². The predicted molar refractivity (Wildman–Crippen MR) is 49.1 cm³/mol. The zero-order chi connectivity index (χ0) is 9.45. The predicted octanol–water partition coefficient (Wildman–Crippen LogP) is -0.824. The van der Waals surface area contributed by atoms with Crippen LogP contribution in [0.15, 0.2) is 12.0 Å². The molecule has 1 aliphatic carbocycles. The van der Waals surface area contributed by atoms with Gasteiger partial charge in [0.05, 0.1) is 5.41 Å². The van der Waals surface area contributed by atoms with E-state index in [2.05, 4.69) is 13.0 Å². The monoisotopic (exact) mass is 214 g/mol. The standard InChI is InChI=1S/C6H11.C2H4O3S.Na/c1-2-4-6-5-3-1;1-2-6(3,4)5;/h1H,2-6H2;2H,1H2,(H,3,4,5);/q-1;;+1. The molecule has 1 aliphatic rings. The van der Waals surface area contributed by atoms with Crippen molar-refractivity contribution < 1.29 is 42.5 Å². The average molecular weight is 214 g/mol. The zero-order valence-corrected chi connectivity index (χ0v) is 10.9. The molecular weight excluding hydrogens is 199 g/mol. The van der Waals surface area contributed by atoms with Crippen LogP contribution in [-0.2, 0) is 10.1 Å². The summed E-state index contributed by atoms with van der Waals surface area (Å²) in [5.41, 5.74) is 0. The van der Waals surface area contributed by atoms with E-state index < -0.39 is 10.1 Å². The van der Waals surface area contributed by atoms with E-state index in [1.54, 1.807) is 0 Å². The molecule has 0 aromatic rings. The van der Waals surface area contributed by atoms with Crippen LogP contribution in [0, 0.1) is 6.42 Å². The Hall–Kier alpha value is 0.650. The molecule has 5 heteroatoms. The van der Waals surface area contributed by atoms with Gasteiger partial charge in [0, 0.05) is 0 Å². The van der Waals surface area contributed by atoms with E-state index in [9.17, 15) is 8.42 Å². The first-order valence-corrected chi connectivity index (χ1v) is 5.48. The molecule has 0 atom stereocenters. The van der Waals surface area contributed by atoms with Crippen molar-refractivity contribution in [2.24, 2.45) is 0 Å². The third-order valence-electron chi connectivity index (χ3n) is 1.53. The van der Waals surface area contributed by atoms with Crippen LogP contribution >= 0.6 is 0 Å². The molecule has 3 nitrogen and oxygen atoms in total. The number of rotatable bonds is 1. The summed E-state index contributed by atoms with van der Waals surface area (Å²) >= 11 is 0. The van der Waals surface area contributed by atoms with Gasteiger partial charge in [0.15, 0.2) is 0 Å². The minimum absolute atomic E-state index is 0. The van der Waals surface area contributed by atoms with Crippen molar-refractivity contribution in [2.75, 3.05) is 0 Å². The molecule has 0 aromatic carbocycles. The van der Waals surface area contributed by atoms with Crippen molar-refractivity contribution in [3.05, 3.63) is 18.4 Å². The molecule has 1 N–H and O–H groups in total. The molecule has 0 radical (unpaired) electrons. The van der Waals surface area contributed by atoms with E-state index in [1.807, 2.05) is 0 Å². The van der Waals surface area contributed by atoms with Gasteiger partial charge in [-0.25, -0.2) is 0 Å². The molecule has 0 saturated heterocycles. The van der Waals surface area contributed by atoms with Gasteiger partial charge in [-0.2, -0.15) is 21.3 Å². The molecule has 0 heterocycles. The number of hydrogen-bond acceptors (Lipinski definition) is 2. The second-order valence-corrected chi connectivity index (χ2v) is 3.97. The molecule has 72 valence electrons. The first-order valence-electron chi connectivity index (χ1n) is 3.98. The second kappa shape index (κ2) is 9.21. The van der Waals surface area contributed by atoms with Crippen molar-refractivity contribution in [2.45, 2.75) is 32.1 Å². The van der Waals surface area contributed by atoms with E-state index in [4.69, 9.17) is 4.55 Å². The van der Waals surface area contributed by atoms with Crippen LogP contribution < -0.4 is 29.6 Å². The van der Waals surface area contributed by atoms with Crippen molar-refractivity contribution in [1.82, 2.24) is 0 Å². The van der Waals surface area contributed by atoms with Crippen molar-refractivity contribution >= 4 is 10.1 Å². The van der Waals surface area contributed by atoms with Gasteiger partial charge in [-0.3, -0.25) is 4.55 Å². The maximum absolute atomic E-state index is 9.44. The summed E-state index contributed by atoms with van der Waals surface area (Å²) < 4.78 is 26.6. The zero-order valence-electron chi connectivity index (χ0n) is 8.07. The summed E-state index contributed by atoms with van der Waals surface area (Å²) in [5, 5.41) is 0.465. The first-order chi connectivity index (χ1) is 5.56. The second-order valence-electron chi connectivity index (χ2n) is 2.61. The summed E-state index contributed by atoms with van der Waals surface area (Å²) in [6, 6.07) is 0. The van der Waals surface area contributed by atoms with Crippen LogP contribution in [0.5, 0.6) is 0 Å². The normalized spacial score (nSPS) is 16.1. The van der Waals surface area contributed by atoms with Gasteiger partial charge in [0.1, 0.15) is 0 Å². The Balaban J connectivity index is 0. The molecule has 0 aromatic heterocycles. The fourth-order valence-electron chi connectivity index (χ4n) is 0.898. The Morgan fingerprint density at radius 2 is 1.62 bits per heavy atom. The molecule has 13 heavy (non-hydrogen) atoms. The number of hydrogen-bond donors (Lipinski definition) is 1. The van der Waals surface area contributed by atoms with Crippen LogP contribution in [0.2, 0.25) is 0 Å². The van der Waals surface area contributed by atoms with Crippen LogP contribution in [0.25, 0.3) is 0 Å². The Morgan fingerprint density at radius 1 is 1.23 bits per heavy atom. The van der Waals surface area contributed by atoms with Gasteiger partial charge >= 0.3 is 29.6 Å². The maximum atomic E-state index is 9.44. The SMILES string of the molecule is C=CS(=O)(=O)O.[CH-]1CCCCC1.[Na+]. The summed E-state index contributed by atoms with van der Waals surface area (Å²) in [5.74, 6) is 0. The first kappa shape index (κ1) is 16.1. The van der Waals surface area contributed by atoms with Crippen molar-refractivity contribution in [3.8, 4) is 0 Å². The molecule has 0 aliphatic heterocycles. The Kier molecular flexibility index (Phi) is 11.4. The van der Waals surface area contributed by atoms with Crippen LogP contribution in [0.3, 0.4) is 0 Å². The molecular formula is C8H15NaO3S. The molecule has 0 amide bonds. The third kappa shape index (κ3) is 15.4. The molecule has 1 rings (SSSR count). The molecule has 0 bridgehead atoms. The van der Waals surface area contributed by atoms with Gasteiger partial charge < -0.3 is 6.42 Å². The van der Waals surface area contributed by atoms with E-state index in [1.165, 1.54) is 32.1 Å². The maximum Gasteiger partial charge on any atom is 1.00 e. The smallest absolute Gasteiger partial charge is 0.328 e. The average Bonchev–Trinajstić information content (AvgIpc) is 2.07. The quantitative estimate of drug-likeness (QED) is 0.352. The van der Waals surface area contributed by atoms with Crippen molar-refractivity contribution in [3.63, 3.8) is 0 Å². The van der Waals surface area contributed by atoms with Gasteiger partial charge in [0.2, 0.25) is 0 Å². The minimum atomic E-state index is -3.90. The summed E-state index contributed by atoms with van der Waals surface area (Å²) in [6.07, 6.45) is 9.50. The third-order valence-corrected chi connectivity index (χ3v) is 1.95. The van der Waals surface area contributed by atoms with E-state index >= 15 is 0 Å². The largest absolute Gasteiger partial charge is 1.00 e.